The van der Waals surface area contributed by atoms with Gasteiger partial charge in [0.1, 0.15) is 17.4 Å². The van der Waals surface area contributed by atoms with Crippen LogP contribution in [0.25, 0.3) is 0 Å². The molecular weight excluding hydrogens is 438 g/mol. The van der Waals surface area contributed by atoms with E-state index in [2.05, 4.69) is 14.9 Å². The molecule has 11 heteroatoms. The van der Waals surface area contributed by atoms with Crippen LogP contribution < -0.4 is 9.46 Å². The third-order valence-corrected chi connectivity index (χ3v) is 6.41. The minimum atomic E-state index is -4.10. The van der Waals surface area contributed by atoms with Gasteiger partial charge < -0.3 is 4.74 Å². The minimum absolute atomic E-state index is 0.00902. The molecule has 1 heterocycles. The van der Waals surface area contributed by atoms with Gasteiger partial charge in [0.25, 0.3) is 0 Å². The first-order chi connectivity index (χ1) is 14.1. The average molecular weight is 457 g/mol. The Labute approximate surface area is 177 Å². The Hall–Kier alpha value is -2.56. The largest absolute Gasteiger partial charge is 0.424 e. The van der Waals surface area contributed by atoms with Crippen molar-refractivity contribution in [1.29, 1.82) is 0 Å². The predicted molar refractivity (Wildman–Crippen MR) is 107 cm³/mol. The van der Waals surface area contributed by atoms with Crippen LogP contribution in [0.3, 0.4) is 0 Å². The van der Waals surface area contributed by atoms with Crippen molar-refractivity contribution in [2.45, 2.75) is 38.3 Å². The van der Waals surface area contributed by atoms with Crippen molar-refractivity contribution < 1.29 is 21.9 Å². The van der Waals surface area contributed by atoms with Crippen molar-refractivity contribution >= 4 is 21.6 Å². The van der Waals surface area contributed by atoms with Gasteiger partial charge in [0, 0.05) is 11.6 Å². The molecule has 160 valence electrons. The summed E-state index contributed by atoms with van der Waals surface area (Å²) in [5.74, 6) is -0.525. The van der Waals surface area contributed by atoms with E-state index >= 15 is 0 Å². The highest BCUT2D eigenvalue weighted by Gasteiger charge is 2.26. The van der Waals surface area contributed by atoms with Crippen LogP contribution in [0.4, 0.5) is 8.78 Å². The highest BCUT2D eigenvalue weighted by Crippen LogP contribution is 2.27. The van der Waals surface area contributed by atoms with E-state index in [9.17, 15) is 17.2 Å². The van der Waals surface area contributed by atoms with Crippen molar-refractivity contribution in [2.24, 2.45) is 0 Å². The zero-order valence-corrected chi connectivity index (χ0v) is 17.9. The molecule has 1 aromatic heterocycles. The van der Waals surface area contributed by atoms with Gasteiger partial charge in [0.05, 0.1) is 10.9 Å². The lowest BCUT2D eigenvalue weighted by molar-refractivity contribution is 0.407. The number of benzene rings is 2. The maximum absolute atomic E-state index is 13.7. The van der Waals surface area contributed by atoms with E-state index in [1.165, 1.54) is 31.2 Å². The van der Waals surface area contributed by atoms with Crippen molar-refractivity contribution in [1.82, 2.24) is 19.5 Å². The van der Waals surface area contributed by atoms with Crippen LogP contribution in [0, 0.1) is 18.6 Å². The van der Waals surface area contributed by atoms with Crippen LogP contribution in [-0.4, -0.2) is 23.2 Å². The molecule has 7 nitrogen and oxygen atoms in total. The van der Waals surface area contributed by atoms with Gasteiger partial charge >= 0.3 is 6.01 Å². The van der Waals surface area contributed by atoms with E-state index in [0.717, 1.165) is 12.1 Å². The topological polar surface area (TPSA) is 86.1 Å². The number of ether oxygens (including phenoxy) is 1. The summed E-state index contributed by atoms with van der Waals surface area (Å²) in [5.41, 5.74) is 0.232. The molecule has 0 radical (unpaired) electrons. The number of hydrogen-bond donors (Lipinski definition) is 1. The molecule has 2 aromatic carbocycles. The van der Waals surface area contributed by atoms with Gasteiger partial charge in [-0.2, -0.15) is 0 Å². The molecule has 0 unspecified atom stereocenters. The molecule has 0 amide bonds. The fourth-order valence-corrected chi connectivity index (χ4v) is 4.59. The molecule has 0 aliphatic carbocycles. The number of sulfonamides is 1. The van der Waals surface area contributed by atoms with Crippen LogP contribution in [-0.2, 0) is 16.6 Å². The summed E-state index contributed by atoms with van der Waals surface area (Å²) in [7, 11) is -4.10. The normalized spacial score (nSPS) is 12.7. The van der Waals surface area contributed by atoms with Gasteiger partial charge in [0.15, 0.2) is 5.82 Å². The molecule has 1 N–H and O–H groups in total. The number of nitrogens with one attached hydrogen (secondary N) is 1. The number of rotatable bonds is 7. The molecule has 0 fully saturated rings. The Kier molecular flexibility index (Phi) is 6.39. The van der Waals surface area contributed by atoms with E-state index in [-0.39, 0.29) is 21.5 Å². The molecule has 3 rings (SSSR count). The van der Waals surface area contributed by atoms with E-state index in [1.54, 1.807) is 11.5 Å². The second kappa shape index (κ2) is 8.66. The molecule has 1 atom stereocenters. The molecule has 0 saturated heterocycles. The van der Waals surface area contributed by atoms with Crippen molar-refractivity contribution in [2.75, 3.05) is 0 Å². The molecule has 30 heavy (non-hydrogen) atoms. The van der Waals surface area contributed by atoms with Crippen LogP contribution in [0.1, 0.15) is 31.3 Å². The summed E-state index contributed by atoms with van der Waals surface area (Å²) >= 11 is 5.92. The summed E-state index contributed by atoms with van der Waals surface area (Å²) in [4.78, 5) is -0.260. The van der Waals surface area contributed by atoms with E-state index in [1.807, 2.05) is 6.92 Å². The SMILES string of the molecule is CCn1c(Oc2ccc(F)cc2)nnc1[C@@H](C)NS(=O)(=O)c1cc(F)cc(Cl)c1C. The summed E-state index contributed by atoms with van der Waals surface area (Å²) in [6.45, 7) is 5.26. The lowest BCUT2D eigenvalue weighted by atomic mass is 10.2. The molecule has 3 aromatic rings. The molecule has 0 spiro atoms. The van der Waals surface area contributed by atoms with Gasteiger partial charge in [0.2, 0.25) is 10.0 Å². The second-order valence-corrected chi connectivity index (χ2v) is 8.58. The smallest absolute Gasteiger partial charge is 0.322 e. The second-order valence-electron chi connectivity index (χ2n) is 6.49. The molecular formula is C19H19ClF2N4O3S. The monoisotopic (exact) mass is 456 g/mol. The first-order valence-electron chi connectivity index (χ1n) is 8.97. The number of aromatic nitrogens is 3. The lowest BCUT2D eigenvalue weighted by Crippen LogP contribution is -2.29. The first-order valence-corrected chi connectivity index (χ1v) is 10.8. The first kappa shape index (κ1) is 22.1. The highest BCUT2D eigenvalue weighted by atomic mass is 35.5. The van der Waals surface area contributed by atoms with Crippen LogP contribution in [0.2, 0.25) is 5.02 Å². The fraction of sp³-hybridized carbons (Fsp3) is 0.263. The summed E-state index contributed by atoms with van der Waals surface area (Å²) in [6.07, 6.45) is 0. The van der Waals surface area contributed by atoms with Crippen molar-refractivity contribution in [3.63, 3.8) is 0 Å². The Morgan fingerprint density at radius 2 is 1.83 bits per heavy atom. The summed E-state index contributed by atoms with van der Waals surface area (Å²) < 4.78 is 62.1. The van der Waals surface area contributed by atoms with Crippen LogP contribution in [0.15, 0.2) is 41.3 Å². The predicted octanol–water partition coefficient (Wildman–Crippen LogP) is 4.37. The quantitative estimate of drug-likeness (QED) is 0.570. The lowest BCUT2D eigenvalue weighted by Gasteiger charge is -2.16. The van der Waals surface area contributed by atoms with Crippen molar-refractivity contribution in [3.05, 3.63) is 64.4 Å². The third kappa shape index (κ3) is 4.61. The fourth-order valence-electron chi connectivity index (χ4n) is 2.85. The summed E-state index contributed by atoms with van der Waals surface area (Å²) in [5, 5.41) is 7.99. The molecule has 0 saturated carbocycles. The van der Waals surface area contributed by atoms with Crippen LogP contribution >= 0.6 is 11.6 Å². The average Bonchev–Trinajstić information content (AvgIpc) is 3.08. The van der Waals surface area contributed by atoms with Crippen molar-refractivity contribution in [3.8, 4) is 11.8 Å². The Morgan fingerprint density at radius 1 is 1.17 bits per heavy atom. The van der Waals surface area contributed by atoms with Gasteiger partial charge in [-0.25, -0.2) is 21.9 Å². The van der Waals surface area contributed by atoms with E-state index in [0.29, 0.717) is 18.1 Å². The molecule has 0 aliphatic rings. The maximum Gasteiger partial charge on any atom is 0.322 e. The Balaban J connectivity index is 1.87. The zero-order chi connectivity index (χ0) is 22.1. The van der Waals surface area contributed by atoms with Gasteiger partial charge in [-0.15, -0.1) is 5.10 Å². The summed E-state index contributed by atoms with van der Waals surface area (Å²) in [6, 6.07) is 6.62. The highest BCUT2D eigenvalue weighted by molar-refractivity contribution is 7.89. The molecule has 0 bridgehead atoms. The van der Waals surface area contributed by atoms with Crippen LogP contribution in [0.5, 0.6) is 11.8 Å². The van der Waals surface area contributed by atoms with E-state index in [4.69, 9.17) is 16.3 Å². The Bertz CT molecular complexity index is 1170. The number of hydrogen-bond acceptors (Lipinski definition) is 5. The van der Waals surface area contributed by atoms with Gasteiger partial charge in [-0.05, 0) is 62.7 Å². The van der Waals surface area contributed by atoms with Gasteiger partial charge in [-0.3, -0.25) is 4.57 Å². The maximum atomic E-state index is 13.7. The van der Waals surface area contributed by atoms with Gasteiger partial charge in [-0.1, -0.05) is 16.7 Å². The number of nitrogens with zero attached hydrogens (tertiary/aromatic N) is 3. The number of halogens is 3. The van der Waals surface area contributed by atoms with E-state index < -0.39 is 27.7 Å². The zero-order valence-electron chi connectivity index (χ0n) is 16.4. The Morgan fingerprint density at radius 3 is 2.47 bits per heavy atom. The minimum Gasteiger partial charge on any atom is -0.424 e. The molecule has 0 aliphatic heterocycles. The third-order valence-electron chi connectivity index (χ3n) is 4.35. The standard InChI is InChI=1S/C19H19ClF2N4O3S/c1-4-26-18(23-24-19(26)29-15-7-5-13(21)6-8-15)12(3)25-30(27,28)17-10-14(22)9-16(20)11(17)2/h5-10,12,25H,4H2,1-3H3/t12-/m1/s1.